The molecular weight excluding hydrogens is 324 g/mol. The van der Waals surface area contributed by atoms with Crippen molar-refractivity contribution in [3.05, 3.63) is 75.8 Å². The topological polar surface area (TPSA) is 111 Å². The van der Waals surface area contributed by atoms with Gasteiger partial charge in [-0.05, 0) is 24.1 Å². The summed E-state index contributed by atoms with van der Waals surface area (Å²) in [5, 5.41) is 17.5. The zero-order valence-corrected chi connectivity index (χ0v) is 13.3. The summed E-state index contributed by atoms with van der Waals surface area (Å²) in [4.78, 5) is 26.6. The van der Waals surface area contributed by atoms with Crippen molar-refractivity contribution in [2.75, 3.05) is 0 Å². The highest BCUT2D eigenvalue weighted by molar-refractivity contribution is 5.92. The molecule has 0 unspecified atom stereocenters. The van der Waals surface area contributed by atoms with Crippen LogP contribution in [0.2, 0.25) is 0 Å². The normalized spacial score (nSPS) is 10.4. The van der Waals surface area contributed by atoms with Gasteiger partial charge in [-0.3, -0.25) is 19.9 Å². The first kappa shape index (κ1) is 16.3. The smallest absolute Gasteiger partial charge is 0.290 e. The third-order valence-electron chi connectivity index (χ3n) is 3.62. The summed E-state index contributed by atoms with van der Waals surface area (Å²) >= 11 is 0. The number of nitro benzene ring substituents is 1. The monoisotopic (exact) mass is 338 g/mol. The maximum absolute atomic E-state index is 12.1. The van der Waals surface area contributed by atoms with Crippen LogP contribution in [0.15, 0.2) is 53.3 Å². The van der Waals surface area contributed by atoms with E-state index >= 15 is 0 Å². The summed E-state index contributed by atoms with van der Waals surface area (Å²) in [5.74, 6) is -0.393. The molecule has 2 aromatic heterocycles. The number of nitrogens with one attached hydrogen (secondary N) is 1. The Kier molecular flexibility index (Phi) is 4.51. The molecule has 1 N–H and O–H groups in total. The third kappa shape index (κ3) is 3.69. The maximum Gasteiger partial charge on any atom is 0.290 e. The third-order valence-corrected chi connectivity index (χ3v) is 3.62. The van der Waals surface area contributed by atoms with Gasteiger partial charge in [0.25, 0.3) is 11.6 Å². The van der Waals surface area contributed by atoms with Crippen LogP contribution in [0.5, 0.6) is 0 Å². The summed E-state index contributed by atoms with van der Waals surface area (Å²) in [5.41, 5.74) is 2.51. The van der Waals surface area contributed by atoms with E-state index < -0.39 is 10.8 Å². The van der Waals surface area contributed by atoms with E-state index in [4.69, 9.17) is 4.52 Å². The second kappa shape index (κ2) is 6.91. The first-order valence-electron chi connectivity index (χ1n) is 7.44. The van der Waals surface area contributed by atoms with Gasteiger partial charge < -0.3 is 9.84 Å². The number of amides is 1. The molecule has 0 aliphatic heterocycles. The molecule has 2 heterocycles. The van der Waals surface area contributed by atoms with Crippen LogP contribution in [0.25, 0.3) is 11.3 Å². The molecule has 0 atom stereocenters. The Morgan fingerprint density at radius 3 is 2.88 bits per heavy atom. The highest BCUT2D eigenvalue weighted by atomic mass is 16.6. The van der Waals surface area contributed by atoms with Crippen LogP contribution in [0.4, 0.5) is 5.69 Å². The van der Waals surface area contributed by atoms with Crippen LogP contribution in [0.3, 0.4) is 0 Å². The van der Waals surface area contributed by atoms with Crippen LogP contribution in [-0.2, 0) is 6.54 Å². The lowest BCUT2D eigenvalue weighted by Crippen LogP contribution is -2.22. The fraction of sp³-hybridized carbons (Fsp3) is 0.118. The zero-order chi connectivity index (χ0) is 17.8. The minimum absolute atomic E-state index is 0.0322. The van der Waals surface area contributed by atoms with E-state index in [-0.39, 0.29) is 11.4 Å². The highest BCUT2D eigenvalue weighted by Gasteiger charge is 2.17. The number of non-ortho nitro benzene ring substituents is 1. The Labute approximate surface area is 142 Å². The summed E-state index contributed by atoms with van der Waals surface area (Å²) in [6.45, 7) is 2.11. The summed E-state index contributed by atoms with van der Waals surface area (Å²) in [6.07, 6.45) is 3.30. The van der Waals surface area contributed by atoms with Crippen LogP contribution in [-0.4, -0.2) is 21.0 Å². The Morgan fingerprint density at radius 1 is 1.32 bits per heavy atom. The number of pyridine rings is 1. The van der Waals surface area contributed by atoms with Gasteiger partial charge in [-0.1, -0.05) is 17.3 Å². The molecule has 0 bridgehead atoms. The van der Waals surface area contributed by atoms with Crippen LogP contribution >= 0.6 is 0 Å². The number of rotatable bonds is 5. The lowest BCUT2D eigenvalue weighted by atomic mass is 10.0. The molecular formula is C17H14N4O4. The fourth-order valence-corrected chi connectivity index (χ4v) is 2.28. The van der Waals surface area contributed by atoms with Crippen molar-refractivity contribution in [1.82, 2.24) is 15.5 Å². The lowest BCUT2D eigenvalue weighted by molar-refractivity contribution is -0.384. The van der Waals surface area contributed by atoms with Crippen molar-refractivity contribution in [2.24, 2.45) is 0 Å². The minimum atomic E-state index is -0.482. The molecule has 0 saturated heterocycles. The molecule has 0 aliphatic carbocycles. The van der Waals surface area contributed by atoms with Crippen molar-refractivity contribution in [1.29, 1.82) is 0 Å². The average molecular weight is 338 g/mol. The lowest BCUT2D eigenvalue weighted by Gasteiger charge is -2.02. The number of aryl methyl sites for hydroxylation is 1. The Balaban J connectivity index is 1.77. The first-order valence-corrected chi connectivity index (χ1v) is 7.44. The number of carbonyl (C=O) groups excluding carboxylic acids is 1. The molecule has 0 spiro atoms. The molecule has 3 aromatic rings. The van der Waals surface area contributed by atoms with E-state index in [0.29, 0.717) is 17.8 Å². The minimum Gasteiger partial charge on any atom is -0.350 e. The Bertz CT molecular complexity index is 921. The van der Waals surface area contributed by atoms with Crippen molar-refractivity contribution in [3.63, 3.8) is 0 Å². The van der Waals surface area contributed by atoms with Crippen LogP contribution < -0.4 is 5.32 Å². The number of aromatic nitrogens is 2. The van der Waals surface area contributed by atoms with E-state index in [1.54, 1.807) is 31.5 Å². The van der Waals surface area contributed by atoms with Gasteiger partial charge in [0.2, 0.25) is 5.76 Å². The van der Waals surface area contributed by atoms with Gasteiger partial charge in [0, 0.05) is 42.7 Å². The number of nitrogens with zero attached hydrogens (tertiary/aromatic N) is 3. The zero-order valence-electron chi connectivity index (χ0n) is 13.3. The molecule has 8 heteroatoms. The molecule has 8 nitrogen and oxygen atoms in total. The van der Waals surface area contributed by atoms with E-state index in [1.807, 2.05) is 6.07 Å². The standard InChI is InChI=1S/C17H14N4O4/c1-11-4-5-13(21(23)24)7-14(11)15-8-16(25-20-15)17(22)19-10-12-3-2-6-18-9-12/h2-9H,10H2,1H3,(H,19,22). The quantitative estimate of drug-likeness (QED) is 0.565. The molecule has 0 fully saturated rings. The van der Waals surface area contributed by atoms with Crippen molar-refractivity contribution >= 4 is 11.6 Å². The Hall–Kier alpha value is -3.55. The van der Waals surface area contributed by atoms with Gasteiger partial charge in [-0.25, -0.2) is 0 Å². The van der Waals surface area contributed by atoms with Gasteiger partial charge >= 0.3 is 0 Å². The molecule has 3 rings (SSSR count). The first-order chi connectivity index (χ1) is 12.0. The highest BCUT2D eigenvalue weighted by Crippen LogP contribution is 2.27. The number of carbonyl (C=O) groups is 1. The predicted octanol–water partition coefficient (Wildman–Crippen LogP) is 2.88. The second-order valence-electron chi connectivity index (χ2n) is 5.38. The van der Waals surface area contributed by atoms with E-state index in [1.165, 1.54) is 18.2 Å². The number of benzene rings is 1. The molecule has 0 radical (unpaired) electrons. The molecule has 0 saturated carbocycles. The van der Waals surface area contributed by atoms with Gasteiger partial charge in [-0.2, -0.15) is 0 Å². The SMILES string of the molecule is Cc1ccc([N+](=O)[O-])cc1-c1cc(C(=O)NCc2cccnc2)on1. The molecule has 25 heavy (non-hydrogen) atoms. The summed E-state index contributed by atoms with van der Waals surface area (Å²) < 4.78 is 5.08. The summed E-state index contributed by atoms with van der Waals surface area (Å²) in [6, 6.07) is 9.53. The largest absolute Gasteiger partial charge is 0.350 e. The number of nitro groups is 1. The second-order valence-corrected chi connectivity index (χ2v) is 5.38. The van der Waals surface area contributed by atoms with Gasteiger partial charge in [0.15, 0.2) is 0 Å². The van der Waals surface area contributed by atoms with E-state index in [0.717, 1.165) is 11.1 Å². The molecule has 0 aliphatic rings. The Morgan fingerprint density at radius 2 is 2.16 bits per heavy atom. The number of hydrogen-bond donors (Lipinski definition) is 1. The van der Waals surface area contributed by atoms with Crippen molar-refractivity contribution in [3.8, 4) is 11.3 Å². The van der Waals surface area contributed by atoms with Gasteiger partial charge in [-0.15, -0.1) is 0 Å². The van der Waals surface area contributed by atoms with Crippen LogP contribution in [0.1, 0.15) is 21.7 Å². The van der Waals surface area contributed by atoms with E-state index in [9.17, 15) is 14.9 Å². The van der Waals surface area contributed by atoms with Gasteiger partial charge in [0.1, 0.15) is 5.69 Å². The maximum atomic E-state index is 12.1. The molecule has 1 amide bonds. The molecule has 1 aromatic carbocycles. The number of hydrogen-bond acceptors (Lipinski definition) is 6. The molecule has 126 valence electrons. The van der Waals surface area contributed by atoms with Crippen molar-refractivity contribution < 1.29 is 14.2 Å². The summed E-state index contributed by atoms with van der Waals surface area (Å²) in [7, 11) is 0. The predicted molar refractivity (Wildman–Crippen MR) is 88.7 cm³/mol. The van der Waals surface area contributed by atoms with Crippen LogP contribution in [0, 0.1) is 17.0 Å². The average Bonchev–Trinajstić information content (AvgIpc) is 3.10. The van der Waals surface area contributed by atoms with Crippen molar-refractivity contribution in [2.45, 2.75) is 13.5 Å². The fourth-order valence-electron chi connectivity index (χ4n) is 2.28. The van der Waals surface area contributed by atoms with Gasteiger partial charge in [0.05, 0.1) is 4.92 Å². The van der Waals surface area contributed by atoms with E-state index in [2.05, 4.69) is 15.5 Å².